The average Bonchev–Trinajstić information content (AvgIpc) is 2.94. The van der Waals surface area contributed by atoms with Gasteiger partial charge in [0.25, 0.3) is 0 Å². The predicted octanol–water partition coefficient (Wildman–Crippen LogP) is 3.29. The highest BCUT2D eigenvalue weighted by Gasteiger charge is 2.10. The molecule has 0 saturated heterocycles. The van der Waals surface area contributed by atoms with E-state index in [2.05, 4.69) is 42.2 Å². The van der Waals surface area contributed by atoms with Gasteiger partial charge in [0, 0.05) is 42.8 Å². The minimum atomic E-state index is 0.488. The third kappa shape index (κ3) is 4.44. The number of nitrogens with one attached hydrogen (secondary N) is 1. The van der Waals surface area contributed by atoms with E-state index in [4.69, 9.17) is 4.74 Å². The van der Waals surface area contributed by atoms with Crippen LogP contribution in [0.1, 0.15) is 24.3 Å². The predicted molar refractivity (Wildman–Crippen MR) is 89.2 cm³/mol. The summed E-state index contributed by atoms with van der Waals surface area (Å²) in [6.07, 6.45) is 1.95. The Morgan fingerprint density at radius 2 is 2.10 bits per heavy atom. The SMILES string of the molecule is COc1ccccc1CN(C)c1ncc(CNC(C)C)s1. The van der Waals surface area contributed by atoms with Gasteiger partial charge in [-0.3, -0.25) is 0 Å². The first-order chi connectivity index (χ1) is 10.1. The monoisotopic (exact) mass is 305 g/mol. The molecule has 0 aliphatic carbocycles. The Morgan fingerprint density at radius 3 is 2.81 bits per heavy atom. The summed E-state index contributed by atoms with van der Waals surface area (Å²) in [4.78, 5) is 7.92. The molecule has 114 valence electrons. The number of nitrogens with zero attached hydrogens (tertiary/aromatic N) is 2. The van der Waals surface area contributed by atoms with E-state index in [9.17, 15) is 0 Å². The fourth-order valence-electron chi connectivity index (χ4n) is 2.02. The number of para-hydroxylation sites is 1. The standard InChI is InChI=1S/C16H23N3OS/c1-12(2)17-9-14-10-18-16(21-14)19(3)11-13-7-5-6-8-15(13)20-4/h5-8,10,12,17H,9,11H2,1-4H3. The topological polar surface area (TPSA) is 37.4 Å². The molecule has 0 aliphatic heterocycles. The first-order valence-corrected chi connectivity index (χ1v) is 7.93. The van der Waals surface area contributed by atoms with Crippen molar-refractivity contribution < 1.29 is 4.74 Å². The lowest BCUT2D eigenvalue weighted by Crippen LogP contribution is -2.21. The van der Waals surface area contributed by atoms with E-state index in [-0.39, 0.29) is 0 Å². The maximum atomic E-state index is 5.40. The Morgan fingerprint density at radius 1 is 1.33 bits per heavy atom. The van der Waals surface area contributed by atoms with Crippen molar-refractivity contribution in [3.8, 4) is 5.75 Å². The van der Waals surface area contributed by atoms with Crippen LogP contribution in [0.25, 0.3) is 0 Å². The van der Waals surface area contributed by atoms with Crippen molar-refractivity contribution >= 4 is 16.5 Å². The Kier molecular flexibility index (Phi) is 5.59. The second kappa shape index (κ2) is 7.43. The van der Waals surface area contributed by atoms with Gasteiger partial charge in [-0.15, -0.1) is 11.3 Å². The molecule has 0 aliphatic rings. The van der Waals surface area contributed by atoms with Crippen molar-refractivity contribution in [3.05, 3.63) is 40.9 Å². The molecule has 1 aromatic heterocycles. The number of aromatic nitrogens is 1. The minimum Gasteiger partial charge on any atom is -0.496 e. The molecule has 2 rings (SSSR count). The van der Waals surface area contributed by atoms with Crippen LogP contribution in [0.2, 0.25) is 0 Å². The molecule has 1 heterocycles. The molecule has 0 amide bonds. The Balaban J connectivity index is 2.01. The summed E-state index contributed by atoms with van der Waals surface area (Å²) in [5, 5.41) is 4.44. The number of thiazole rings is 1. The van der Waals surface area contributed by atoms with E-state index in [0.29, 0.717) is 6.04 Å². The van der Waals surface area contributed by atoms with Gasteiger partial charge in [-0.1, -0.05) is 32.0 Å². The molecule has 0 radical (unpaired) electrons. The molecule has 0 atom stereocenters. The lowest BCUT2D eigenvalue weighted by atomic mass is 10.2. The minimum absolute atomic E-state index is 0.488. The van der Waals surface area contributed by atoms with E-state index in [0.717, 1.165) is 24.0 Å². The van der Waals surface area contributed by atoms with Crippen molar-refractivity contribution in [2.75, 3.05) is 19.1 Å². The van der Waals surface area contributed by atoms with Crippen molar-refractivity contribution in [3.63, 3.8) is 0 Å². The quantitative estimate of drug-likeness (QED) is 0.852. The van der Waals surface area contributed by atoms with Crippen molar-refractivity contribution in [2.45, 2.75) is 33.0 Å². The molecule has 0 fully saturated rings. The molecule has 0 saturated carbocycles. The number of rotatable bonds is 7. The summed E-state index contributed by atoms with van der Waals surface area (Å²) in [5.41, 5.74) is 1.17. The van der Waals surface area contributed by atoms with Crippen LogP contribution >= 0.6 is 11.3 Å². The van der Waals surface area contributed by atoms with E-state index >= 15 is 0 Å². The lowest BCUT2D eigenvalue weighted by molar-refractivity contribution is 0.409. The van der Waals surface area contributed by atoms with Crippen molar-refractivity contribution in [1.82, 2.24) is 10.3 Å². The third-order valence-electron chi connectivity index (χ3n) is 3.15. The molecule has 4 nitrogen and oxygen atoms in total. The normalized spacial score (nSPS) is 10.9. The van der Waals surface area contributed by atoms with Gasteiger partial charge in [-0.05, 0) is 6.07 Å². The molecule has 1 aromatic carbocycles. The van der Waals surface area contributed by atoms with Crippen LogP contribution in [-0.2, 0) is 13.1 Å². The highest BCUT2D eigenvalue weighted by molar-refractivity contribution is 7.15. The van der Waals surface area contributed by atoms with E-state index in [1.807, 2.05) is 24.4 Å². The largest absolute Gasteiger partial charge is 0.496 e. The van der Waals surface area contributed by atoms with Crippen molar-refractivity contribution in [2.24, 2.45) is 0 Å². The van der Waals surface area contributed by atoms with Gasteiger partial charge < -0.3 is 15.0 Å². The fourth-order valence-corrected chi connectivity index (χ4v) is 2.84. The summed E-state index contributed by atoms with van der Waals surface area (Å²) in [5.74, 6) is 0.919. The van der Waals surface area contributed by atoms with Crippen LogP contribution in [-0.4, -0.2) is 25.2 Å². The second-order valence-corrected chi connectivity index (χ2v) is 6.41. The molecular weight excluding hydrogens is 282 g/mol. The molecule has 0 unspecified atom stereocenters. The Labute approximate surface area is 130 Å². The summed E-state index contributed by atoms with van der Waals surface area (Å²) >= 11 is 1.73. The maximum Gasteiger partial charge on any atom is 0.185 e. The Hall–Kier alpha value is -1.59. The summed E-state index contributed by atoms with van der Waals surface area (Å²) in [6.45, 7) is 5.96. The smallest absolute Gasteiger partial charge is 0.185 e. The zero-order valence-electron chi connectivity index (χ0n) is 13.1. The molecule has 1 N–H and O–H groups in total. The number of benzene rings is 1. The summed E-state index contributed by atoms with van der Waals surface area (Å²) < 4.78 is 5.40. The number of methoxy groups -OCH3 is 1. The highest BCUT2D eigenvalue weighted by atomic mass is 32.1. The van der Waals surface area contributed by atoms with Crippen LogP contribution in [0, 0.1) is 0 Å². The van der Waals surface area contributed by atoms with E-state index in [1.165, 1.54) is 10.4 Å². The lowest BCUT2D eigenvalue weighted by Gasteiger charge is -2.17. The number of hydrogen-bond donors (Lipinski definition) is 1. The zero-order chi connectivity index (χ0) is 15.2. The first kappa shape index (κ1) is 15.8. The molecule has 5 heteroatoms. The molecule has 0 bridgehead atoms. The van der Waals surface area contributed by atoms with Crippen LogP contribution in [0.4, 0.5) is 5.13 Å². The van der Waals surface area contributed by atoms with Crippen LogP contribution in [0.3, 0.4) is 0 Å². The van der Waals surface area contributed by atoms with Crippen molar-refractivity contribution in [1.29, 1.82) is 0 Å². The van der Waals surface area contributed by atoms with Crippen LogP contribution in [0.15, 0.2) is 30.5 Å². The van der Waals surface area contributed by atoms with Gasteiger partial charge >= 0.3 is 0 Å². The highest BCUT2D eigenvalue weighted by Crippen LogP contribution is 2.25. The Bertz CT molecular complexity index is 568. The summed E-state index contributed by atoms with van der Waals surface area (Å²) in [6, 6.07) is 8.59. The number of anilines is 1. The second-order valence-electron chi connectivity index (χ2n) is 5.31. The van der Waals surface area contributed by atoms with Gasteiger partial charge in [0.15, 0.2) is 5.13 Å². The van der Waals surface area contributed by atoms with Crippen LogP contribution < -0.4 is 15.0 Å². The maximum absolute atomic E-state index is 5.40. The zero-order valence-corrected chi connectivity index (χ0v) is 13.9. The fraction of sp³-hybridized carbons (Fsp3) is 0.438. The van der Waals surface area contributed by atoms with Gasteiger partial charge in [-0.2, -0.15) is 0 Å². The summed E-state index contributed by atoms with van der Waals surface area (Å²) in [7, 11) is 3.77. The third-order valence-corrected chi connectivity index (χ3v) is 4.26. The average molecular weight is 305 g/mol. The van der Waals surface area contributed by atoms with E-state index < -0.39 is 0 Å². The molecule has 2 aromatic rings. The van der Waals surface area contributed by atoms with Gasteiger partial charge in [0.05, 0.1) is 7.11 Å². The first-order valence-electron chi connectivity index (χ1n) is 7.11. The molecular formula is C16H23N3OS. The molecule has 0 spiro atoms. The van der Waals surface area contributed by atoms with E-state index in [1.54, 1.807) is 18.4 Å². The van der Waals surface area contributed by atoms with Gasteiger partial charge in [0.1, 0.15) is 5.75 Å². The number of ether oxygens (including phenoxy) is 1. The molecule has 21 heavy (non-hydrogen) atoms. The van der Waals surface area contributed by atoms with Crippen LogP contribution in [0.5, 0.6) is 5.75 Å². The van der Waals surface area contributed by atoms with Gasteiger partial charge in [-0.25, -0.2) is 4.98 Å². The van der Waals surface area contributed by atoms with Gasteiger partial charge in [0.2, 0.25) is 0 Å². The number of hydrogen-bond acceptors (Lipinski definition) is 5.